The van der Waals surface area contributed by atoms with Crippen molar-refractivity contribution in [3.8, 4) is 0 Å². The number of rotatable bonds is 7. The van der Waals surface area contributed by atoms with E-state index >= 15 is 0 Å². The van der Waals surface area contributed by atoms with Crippen molar-refractivity contribution >= 4 is 17.5 Å². The highest BCUT2D eigenvalue weighted by molar-refractivity contribution is 5.58. The molecule has 7 nitrogen and oxygen atoms in total. The van der Waals surface area contributed by atoms with Crippen LogP contribution in [0.15, 0.2) is 12.4 Å². The second-order valence-corrected chi connectivity index (χ2v) is 6.50. The van der Waals surface area contributed by atoms with Crippen LogP contribution in [0.2, 0.25) is 0 Å². The van der Waals surface area contributed by atoms with Gasteiger partial charge in [-0.2, -0.15) is 32.0 Å². The molecule has 28 heavy (non-hydrogen) atoms. The molecular formula is C16H19F5N6O. The predicted octanol–water partition coefficient (Wildman–Crippen LogP) is 3.98. The predicted molar refractivity (Wildman–Crippen MR) is 90.5 cm³/mol. The number of halogens is 5. The third-order valence-electron chi connectivity index (χ3n) is 4.64. The van der Waals surface area contributed by atoms with Crippen molar-refractivity contribution in [1.82, 2.24) is 19.7 Å². The molecule has 12 heteroatoms. The van der Waals surface area contributed by atoms with Crippen LogP contribution in [0.5, 0.6) is 0 Å². The van der Waals surface area contributed by atoms with E-state index in [9.17, 15) is 22.0 Å². The fraction of sp³-hybridized carbons (Fsp3) is 0.562. The molecule has 0 aromatic carbocycles. The van der Waals surface area contributed by atoms with E-state index in [4.69, 9.17) is 0 Å². The monoisotopic (exact) mass is 406 g/mol. The lowest BCUT2D eigenvalue weighted by molar-refractivity contribution is -0.146. The SMILES string of the molecule is CNc1nc(Nc2cnn([C@H]3C[C@H](COC(F)F)C3)c2C)ncc1C(F)(F)F. The van der Waals surface area contributed by atoms with Gasteiger partial charge in [0.2, 0.25) is 5.95 Å². The highest BCUT2D eigenvalue weighted by Crippen LogP contribution is 2.39. The molecule has 1 aliphatic carbocycles. The zero-order valence-electron chi connectivity index (χ0n) is 15.1. The van der Waals surface area contributed by atoms with Crippen LogP contribution in [-0.2, 0) is 10.9 Å². The van der Waals surface area contributed by atoms with Gasteiger partial charge in [0.1, 0.15) is 11.4 Å². The summed E-state index contributed by atoms with van der Waals surface area (Å²) in [7, 11) is 1.34. The Hall–Kier alpha value is -2.50. The van der Waals surface area contributed by atoms with Gasteiger partial charge < -0.3 is 15.4 Å². The summed E-state index contributed by atoms with van der Waals surface area (Å²) >= 11 is 0. The van der Waals surface area contributed by atoms with Gasteiger partial charge in [0, 0.05) is 13.2 Å². The average molecular weight is 406 g/mol. The van der Waals surface area contributed by atoms with Crippen molar-refractivity contribution in [2.45, 2.75) is 38.6 Å². The van der Waals surface area contributed by atoms with Crippen LogP contribution in [-0.4, -0.2) is 40.0 Å². The number of alkyl halides is 5. The van der Waals surface area contributed by atoms with Gasteiger partial charge in [-0.05, 0) is 25.7 Å². The topological polar surface area (TPSA) is 76.9 Å². The van der Waals surface area contributed by atoms with E-state index in [1.165, 1.54) is 13.2 Å². The first-order valence-corrected chi connectivity index (χ1v) is 8.52. The van der Waals surface area contributed by atoms with Gasteiger partial charge in [0.25, 0.3) is 0 Å². The summed E-state index contributed by atoms with van der Waals surface area (Å²) in [6.45, 7) is -0.972. The van der Waals surface area contributed by atoms with E-state index in [0.717, 1.165) is 5.69 Å². The fourth-order valence-corrected chi connectivity index (χ4v) is 3.12. The molecule has 154 valence electrons. The molecule has 2 heterocycles. The Morgan fingerprint density at radius 1 is 1.29 bits per heavy atom. The highest BCUT2D eigenvalue weighted by Gasteiger charge is 2.35. The van der Waals surface area contributed by atoms with Crippen molar-refractivity contribution in [2.24, 2.45) is 5.92 Å². The fourth-order valence-electron chi connectivity index (χ4n) is 3.12. The number of nitrogens with zero attached hydrogens (tertiary/aromatic N) is 4. The molecule has 0 spiro atoms. The van der Waals surface area contributed by atoms with Gasteiger partial charge >= 0.3 is 12.8 Å². The minimum absolute atomic E-state index is 0.00295. The molecule has 0 bridgehead atoms. The summed E-state index contributed by atoms with van der Waals surface area (Å²) in [4.78, 5) is 7.58. The molecule has 0 atom stereocenters. The smallest absolute Gasteiger partial charge is 0.372 e. The van der Waals surface area contributed by atoms with Crippen molar-refractivity contribution in [2.75, 3.05) is 24.3 Å². The average Bonchev–Trinajstić information content (AvgIpc) is 2.93. The van der Waals surface area contributed by atoms with E-state index < -0.39 is 18.4 Å². The minimum atomic E-state index is -4.56. The first-order chi connectivity index (χ1) is 13.2. The van der Waals surface area contributed by atoms with Crippen molar-refractivity contribution in [3.05, 3.63) is 23.7 Å². The summed E-state index contributed by atoms with van der Waals surface area (Å²) in [5.74, 6) is -0.289. The molecule has 2 N–H and O–H groups in total. The molecule has 1 aliphatic rings. The first kappa shape index (κ1) is 20.2. The van der Waals surface area contributed by atoms with Crippen LogP contribution in [0.25, 0.3) is 0 Å². The van der Waals surface area contributed by atoms with Gasteiger partial charge in [0.05, 0.1) is 30.2 Å². The van der Waals surface area contributed by atoms with E-state index in [1.807, 2.05) is 0 Å². The molecular weight excluding hydrogens is 387 g/mol. The minimum Gasteiger partial charge on any atom is -0.372 e. The maximum absolute atomic E-state index is 12.9. The molecule has 2 aromatic rings. The molecule has 0 radical (unpaired) electrons. The Balaban J connectivity index is 1.67. The maximum Gasteiger partial charge on any atom is 0.421 e. The number of nitrogens with one attached hydrogen (secondary N) is 2. The summed E-state index contributed by atoms with van der Waals surface area (Å²) in [5, 5.41) is 9.55. The highest BCUT2D eigenvalue weighted by atomic mass is 19.4. The van der Waals surface area contributed by atoms with E-state index in [1.54, 1.807) is 11.6 Å². The third-order valence-corrected chi connectivity index (χ3v) is 4.64. The Bertz CT molecular complexity index is 818. The number of anilines is 3. The van der Waals surface area contributed by atoms with Crippen molar-refractivity contribution < 1.29 is 26.7 Å². The normalized spacial score (nSPS) is 19.6. The van der Waals surface area contributed by atoms with Crippen LogP contribution in [0, 0.1) is 12.8 Å². The van der Waals surface area contributed by atoms with E-state index in [2.05, 4.69) is 30.4 Å². The largest absolute Gasteiger partial charge is 0.421 e. The molecule has 1 fully saturated rings. The lowest BCUT2D eigenvalue weighted by Crippen LogP contribution is -2.31. The summed E-state index contributed by atoms with van der Waals surface area (Å²) in [5.41, 5.74) is 0.335. The third kappa shape index (κ3) is 4.32. The van der Waals surface area contributed by atoms with Gasteiger partial charge in [0.15, 0.2) is 0 Å². The summed E-state index contributed by atoms with van der Waals surface area (Å²) in [6, 6.07) is 0.0585. The Morgan fingerprint density at radius 2 is 2.00 bits per heavy atom. The lowest BCUT2D eigenvalue weighted by atomic mass is 9.81. The van der Waals surface area contributed by atoms with Crippen LogP contribution < -0.4 is 10.6 Å². The van der Waals surface area contributed by atoms with Gasteiger partial charge in [-0.3, -0.25) is 4.68 Å². The zero-order chi connectivity index (χ0) is 20.5. The zero-order valence-corrected chi connectivity index (χ0v) is 15.1. The summed E-state index contributed by atoms with van der Waals surface area (Å²) in [6.07, 6.45) is -1.00. The molecule has 1 saturated carbocycles. The standard InChI is InChI=1S/C16H19F5N6O/c1-8-12(6-24-27(8)10-3-9(4-10)7-28-14(17)18)25-15-23-5-11(16(19,20)21)13(22-2)26-15/h5-6,9-10,14H,3-4,7H2,1-2H3,(H2,22,23,25,26)/t9-,10-. The van der Waals surface area contributed by atoms with Gasteiger partial charge in [-0.15, -0.1) is 0 Å². The van der Waals surface area contributed by atoms with Crippen molar-refractivity contribution in [3.63, 3.8) is 0 Å². The number of hydrogen-bond donors (Lipinski definition) is 2. The quantitative estimate of drug-likeness (QED) is 0.678. The van der Waals surface area contributed by atoms with Crippen LogP contribution in [0.1, 0.15) is 30.1 Å². The lowest BCUT2D eigenvalue weighted by Gasteiger charge is -2.35. The second kappa shape index (κ2) is 7.86. The maximum atomic E-state index is 12.9. The molecule has 0 aliphatic heterocycles. The molecule has 0 saturated heterocycles. The molecule has 0 unspecified atom stereocenters. The Kier molecular flexibility index (Phi) is 5.68. The Labute approximate surface area is 157 Å². The first-order valence-electron chi connectivity index (χ1n) is 8.52. The van der Waals surface area contributed by atoms with Crippen LogP contribution in [0.3, 0.4) is 0 Å². The second-order valence-electron chi connectivity index (χ2n) is 6.50. The summed E-state index contributed by atoms with van der Waals surface area (Å²) < 4.78 is 69.0. The Morgan fingerprint density at radius 3 is 2.61 bits per heavy atom. The van der Waals surface area contributed by atoms with Gasteiger partial charge in [-0.25, -0.2) is 4.98 Å². The van der Waals surface area contributed by atoms with Crippen LogP contribution in [0.4, 0.5) is 39.4 Å². The number of aromatic nitrogens is 4. The van der Waals surface area contributed by atoms with Crippen molar-refractivity contribution in [1.29, 1.82) is 0 Å². The van der Waals surface area contributed by atoms with Gasteiger partial charge in [-0.1, -0.05) is 0 Å². The molecule has 0 amide bonds. The molecule has 3 rings (SSSR count). The number of ether oxygens (including phenoxy) is 1. The molecule has 2 aromatic heterocycles. The number of hydrogen-bond acceptors (Lipinski definition) is 6. The van der Waals surface area contributed by atoms with E-state index in [-0.39, 0.29) is 30.3 Å². The van der Waals surface area contributed by atoms with E-state index in [0.29, 0.717) is 24.7 Å². The van der Waals surface area contributed by atoms with Crippen LogP contribution >= 0.6 is 0 Å².